The maximum Gasteiger partial charge on any atom is 0.321 e. The molecule has 0 aliphatic carbocycles. The van der Waals surface area contributed by atoms with E-state index in [2.05, 4.69) is 5.32 Å². The van der Waals surface area contributed by atoms with E-state index in [0.29, 0.717) is 12.2 Å². The molecule has 0 bridgehead atoms. The summed E-state index contributed by atoms with van der Waals surface area (Å²) >= 11 is 0. The van der Waals surface area contributed by atoms with Crippen LogP contribution >= 0.6 is 0 Å². The lowest BCUT2D eigenvalue weighted by atomic mass is 10.1. The lowest BCUT2D eigenvalue weighted by Crippen LogP contribution is -2.31. The van der Waals surface area contributed by atoms with E-state index in [1.165, 1.54) is 26.2 Å². The fraction of sp³-hybridized carbons (Fsp3) is 0.278. The van der Waals surface area contributed by atoms with E-state index in [1.54, 1.807) is 24.1 Å². The molecule has 0 unspecified atom stereocenters. The van der Waals surface area contributed by atoms with Crippen LogP contribution in [0.4, 0.5) is 10.5 Å². The predicted molar refractivity (Wildman–Crippen MR) is 99.0 cm³/mol. The van der Waals surface area contributed by atoms with Crippen molar-refractivity contribution in [2.24, 2.45) is 0 Å². The summed E-state index contributed by atoms with van der Waals surface area (Å²) in [5.41, 5.74) is 2.61. The zero-order valence-electron chi connectivity index (χ0n) is 14.9. The number of carbonyl (C=O) groups excluding carboxylic acids is 1. The molecular formula is C18H23N3O3S. The van der Waals surface area contributed by atoms with Gasteiger partial charge in [0.15, 0.2) is 0 Å². The molecule has 25 heavy (non-hydrogen) atoms. The SMILES string of the molecule is Cc1ccccc1CN(C)C(=O)Nc1cccc(S(=O)(=O)N(C)C)c1. The van der Waals surface area contributed by atoms with Crippen LogP contribution in [0.3, 0.4) is 0 Å². The molecule has 0 aliphatic rings. The molecule has 6 nitrogen and oxygen atoms in total. The van der Waals surface area contributed by atoms with E-state index >= 15 is 0 Å². The highest BCUT2D eigenvalue weighted by molar-refractivity contribution is 7.89. The quantitative estimate of drug-likeness (QED) is 0.890. The summed E-state index contributed by atoms with van der Waals surface area (Å²) < 4.78 is 25.5. The second kappa shape index (κ2) is 7.67. The highest BCUT2D eigenvalue weighted by Crippen LogP contribution is 2.18. The van der Waals surface area contributed by atoms with Crippen LogP contribution in [0.1, 0.15) is 11.1 Å². The Morgan fingerprint density at radius 3 is 2.36 bits per heavy atom. The van der Waals surface area contributed by atoms with Crippen molar-refractivity contribution in [3.63, 3.8) is 0 Å². The maximum atomic E-state index is 12.4. The minimum atomic E-state index is -3.54. The number of sulfonamides is 1. The predicted octanol–water partition coefficient (Wildman–Crippen LogP) is 2.91. The van der Waals surface area contributed by atoms with Crippen LogP contribution in [0.2, 0.25) is 0 Å². The number of hydrogen-bond acceptors (Lipinski definition) is 3. The molecule has 1 N–H and O–H groups in total. The molecule has 2 amide bonds. The lowest BCUT2D eigenvalue weighted by molar-refractivity contribution is 0.220. The average molecular weight is 361 g/mol. The Morgan fingerprint density at radius 2 is 1.72 bits per heavy atom. The smallest absolute Gasteiger partial charge is 0.321 e. The number of urea groups is 1. The van der Waals surface area contributed by atoms with E-state index in [0.717, 1.165) is 15.4 Å². The summed E-state index contributed by atoms with van der Waals surface area (Å²) in [7, 11) is 1.09. The van der Waals surface area contributed by atoms with Gasteiger partial charge >= 0.3 is 6.03 Å². The third-order valence-corrected chi connectivity index (χ3v) is 5.69. The minimum Gasteiger partial charge on any atom is -0.323 e. The van der Waals surface area contributed by atoms with Crippen molar-refractivity contribution in [2.75, 3.05) is 26.5 Å². The molecule has 0 aromatic heterocycles. The molecule has 0 radical (unpaired) electrons. The fourth-order valence-corrected chi connectivity index (χ4v) is 3.23. The van der Waals surface area contributed by atoms with Gasteiger partial charge in [0, 0.05) is 33.4 Å². The van der Waals surface area contributed by atoms with Crippen molar-refractivity contribution in [1.82, 2.24) is 9.21 Å². The van der Waals surface area contributed by atoms with Gasteiger partial charge in [-0.1, -0.05) is 30.3 Å². The molecule has 0 saturated carbocycles. The van der Waals surface area contributed by atoms with Crippen molar-refractivity contribution >= 4 is 21.7 Å². The van der Waals surface area contributed by atoms with Crippen molar-refractivity contribution in [2.45, 2.75) is 18.4 Å². The largest absolute Gasteiger partial charge is 0.323 e. The van der Waals surface area contributed by atoms with E-state index in [4.69, 9.17) is 0 Å². The first-order valence-corrected chi connectivity index (χ1v) is 9.25. The van der Waals surface area contributed by atoms with Gasteiger partial charge in [-0.15, -0.1) is 0 Å². The Kier molecular flexibility index (Phi) is 5.81. The zero-order valence-corrected chi connectivity index (χ0v) is 15.7. The summed E-state index contributed by atoms with van der Waals surface area (Å²) in [6.07, 6.45) is 0. The van der Waals surface area contributed by atoms with Crippen LogP contribution in [-0.4, -0.2) is 44.8 Å². The molecule has 0 heterocycles. The van der Waals surface area contributed by atoms with Gasteiger partial charge in [-0.25, -0.2) is 17.5 Å². The normalized spacial score (nSPS) is 11.4. The number of carbonyl (C=O) groups is 1. The average Bonchev–Trinajstić information content (AvgIpc) is 2.57. The second-order valence-electron chi connectivity index (χ2n) is 6.03. The minimum absolute atomic E-state index is 0.136. The van der Waals surface area contributed by atoms with Crippen molar-refractivity contribution in [3.05, 3.63) is 59.7 Å². The number of hydrogen-bond donors (Lipinski definition) is 1. The lowest BCUT2D eigenvalue weighted by Gasteiger charge is -2.19. The van der Waals surface area contributed by atoms with Crippen molar-refractivity contribution in [1.29, 1.82) is 0 Å². The Labute approximate surface area is 149 Å². The monoisotopic (exact) mass is 361 g/mol. The Bertz CT molecular complexity index is 863. The molecule has 0 aliphatic heterocycles. The van der Waals surface area contributed by atoms with E-state index in [1.807, 2.05) is 31.2 Å². The van der Waals surface area contributed by atoms with Gasteiger partial charge in [-0.2, -0.15) is 0 Å². The Hall–Kier alpha value is -2.38. The van der Waals surface area contributed by atoms with E-state index < -0.39 is 10.0 Å². The highest BCUT2D eigenvalue weighted by Gasteiger charge is 2.18. The third kappa shape index (κ3) is 4.58. The molecule has 2 rings (SSSR count). The van der Waals surface area contributed by atoms with Crippen LogP contribution in [0.15, 0.2) is 53.4 Å². The number of anilines is 1. The molecule has 0 spiro atoms. The highest BCUT2D eigenvalue weighted by atomic mass is 32.2. The van der Waals surface area contributed by atoms with Crippen molar-refractivity contribution < 1.29 is 13.2 Å². The molecule has 7 heteroatoms. The topological polar surface area (TPSA) is 69.7 Å². The number of benzene rings is 2. The van der Waals surface area contributed by atoms with Crippen LogP contribution in [0.25, 0.3) is 0 Å². The molecule has 2 aromatic rings. The van der Waals surface area contributed by atoms with Gasteiger partial charge in [-0.3, -0.25) is 0 Å². The number of nitrogens with zero attached hydrogens (tertiary/aromatic N) is 2. The first-order valence-electron chi connectivity index (χ1n) is 7.81. The van der Waals surface area contributed by atoms with Gasteiger partial charge in [-0.05, 0) is 36.2 Å². The van der Waals surface area contributed by atoms with Crippen LogP contribution < -0.4 is 5.32 Å². The summed E-state index contributed by atoms with van der Waals surface area (Å²) in [4.78, 5) is 14.1. The Balaban J connectivity index is 2.12. The number of rotatable bonds is 5. The van der Waals surface area contributed by atoms with Crippen LogP contribution in [0, 0.1) is 6.92 Å². The van der Waals surface area contributed by atoms with E-state index in [-0.39, 0.29) is 10.9 Å². The van der Waals surface area contributed by atoms with E-state index in [9.17, 15) is 13.2 Å². The summed E-state index contributed by atoms with van der Waals surface area (Å²) in [5, 5.41) is 2.74. The van der Waals surface area contributed by atoms with Crippen LogP contribution in [-0.2, 0) is 16.6 Å². The first-order chi connectivity index (χ1) is 11.7. The fourth-order valence-electron chi connectivity index (χ4n) is 2.28. The summed E-state index contributed by atoms with van der Waals surface area (Å²) in [5.74, 6) is 0. The Morgan fingerprint density at radius 1 is 1.04 bits per heavy atom. The molecule has 2 aromatic carbocycles. The number of aryl methyl sites for hydroxylation is 1. The van der Waals surface area contributed by atoms with Crippen molar-refractivity contribution in [3.8, 4) is 0 Å². The van der Waals surface area contributed by atoms with Gasteiger partial charge in [0.05, 0.1) is 4.90 Å². The number of nitrogens with one attached hydrogen (secondary N) is 1. The molecule has 134 valence electrons. The van der Waals surface area contributed by atoms with Gasteiger partial charge in [0.1, 0.15) is 0 Å². The molecule has 0 atom stereocenters. The summed E-state index contributed by atoms with van der Waals surface area (Å²) in [6.45, 7) is 2.46. The second-order valence-corrected chi connectivity index (χ2v) is 8.18. The number of amides is 2. The summed E-state index contributed by atoms with van der Waals surface area (Å²) in [6, 6.07) is 13.8. The molecule has 0 saturated heterocycles. The van der Waals surface area contributed by atoms with Crippen LogP contribution in [0.5, 0.6) is 0 Å². The van der Waals surface area contributed by atoms with Gasteiger partial charge in [0.25, 0.3) is 0 Å². The van der Waals surface area contributed by atoms with Gasteiger partial charge in [0.2, 0.25) is 10.0 Å². The molecular weight excluding hydrogens is 338 g/mol. The maximum absolute atomic E-state index is 12.4. The van der Waals surface area contributed by atoms with Gasteiger partial charge < -0.3 is 10.2 Å². The first kappa shape index (κ1) is 19.0. The third-order valence-electron chi connectivity index (χ3n) is 3.88. The zero-order chi connectivity index (χ0) is 18.6. The molecule has 0 fully saturated rings. The standard InChI is InChI=1S/C18H23N3O3S/c1-14-8-5-6-9-15(14)13-21(4)18(22)19-16-10-7-11-17(12-16)25(23,24)20(2)3/h5-12H,13H2,1-4H3,(H,19,22).